The number of likely N-dealkylation sites (N-methyl/N-ethyl adjacent to an activating group) is 1. The zero-order valence-electron chi connectivity index (χ0n) is 14.3. The summed E-state index contributed by atoms with van der Waals surface area (Å²) in [6, 6.07) is 5.62. The fraction of sp³-hybridized carbons (Fsp3) is 0.375. The fourth-order valence-corrected chi connectivity index (χ4v) is 3.02. The normalized spacial score (nSPS) is 13.0. The molecule has 3 rings (SSSR count). The first-order valence-corrected chi connectivity index (χ1v) is 8.56. The zero-order chi connectivity index (χ0) is 18.7. The number of benzene rings is 1. The lowest BCUT2D eigenvalue weighted by Gasteiger charge is -2.21. The van der Waals surface area contributed by atoms with Crippen LogP contribution in [0.5, 0.6) is 0 Å². The molecule has 1 aromatic carbocycles. The van der Waals surface area contributed by atoms with Crippen LogP contribution in [-0.4, -0.2) is 64.6 Å². The number of aliphatic hydroxyl groups excluding tert-OH is 1. The third-order valence-electron chi connectivity index (χ3n) is 4.29. The molecule has 9 nitrogen and oxygen atoms in total. The van der Waals surface area contributed by atoms with E-state index in [0.717, 1.165) is 21.8 Å². The lowest BCUT2D eigenvalue weighted by atomic mass is 10.1. The SMILES string of the molecule is CN(C(=O)CNCCO)c1ccc2c(c1)N(C(=O)c1cnnn1S)CC2. The average molecular weight is 376 g/mol. The van der Waals surface area contributed by atoms with Crippen LogP contribution < -0.4 is 15.1 Å². The monoisotopic (exact) mass is 376 g/mol. The smallest absolute Gasteiger partial charge is 0.279 e. The van der Waals surface area contributed by atoms with E-state index in [1.807, 2.05) is 18.2 Å². The summed E-state index contributed by atoms with van der Waals surface area (Å²) >= 11 is 4.09. The molecule has 2 N–H and O–H groups in total. The Morgan fingerprint density at radius 3 is 2.92 bits per heavy atom. The van der Waals surface area contributed by atoms with Crippen molar-refractivity contribution in [1.29, 1.82) is 0 Å². The van der Waals surface area contributed by atoms with Gasteiger partial charge < -0.3 is 20.2 Å². The average Bonchev–Trinajstić information content (AvgIpc) is 3.26. The van der Waals surface area contributed by atoms with Crippen LogP contribution >= 0.6 is 12.8 Å². The minimum absolute atomic E-state index is 0.0243. The van der Waals surface area contributed by atoms with Crippen molar-refractivity contribution in [3.8, 4) is 0 Å². The molecule has 0 atom stereocenters. The highest BCUT2D eigenvalue weighted by molar-refractivity contribution is 7.78. The summed E-state index contributed by atoms with van der Waals surface area (Å²) < 4.78 is 1.15. The van der Waals surface area contributed by atoms with E-state index in [9.17, 15) is 9.59 Å². The van der Waals surface area contributed by atoms with Crippen molar-refractivity contribution < 1.29 is 14.7 Å². The van der Waals surface area contributed by atoms with Gasteiger partial charge in [0.05, 0.1) is 19.3 Å². The van der Waals surface area contributed by atoms with Crippen molar-refractivity contribution in [2.24, 2.45) is 0 Å². The maximum Gasteiger partial charge on any atom is 0.279 e. The number of fused-ring (bicyclic) bond motifs is 1. The van der Waals surface area contributed by atoms with Gasteiger partial charge in [-0.3, -0.25) is 9.59 Å². The first-order valence-electron chi connectivity index (χ1n) is 8.16. The van der Waals surface area contributed by atoms with Gasteiger partial charge in [-0.05, 0) is 36.9 Å². The second-order valence-corrected chi connectivity index (χ2v) is 6.26. The minimum Gasteiger partial charge on any atom is -0.395 e. The summed E-state index contributed by atoms with van der Waals surface area (Å²) in [5, 5.41) is 19.0. The lowest BCUT2D eigenvalue weighted by molar-refractivity contribution is -0.117. The molecule has 0 spiro atoms. The van der Waals surface area contributed by atoms with E-state index in [1.54, 1.807) is 11.9 Å². The highest BCUT2D eigenvalue weighted by Crippen LogP contribution is 2.33. The Morgan fingerprint density at radius 2 is 2.23 bits per heavy atom. The zero-order valence-corrected chi connectivity index (χ0v) is 15.2. The van der Waals surface area contributed by atoms with E-state index in [4.69, 9.17) is 5.11 Å². The van der Waals surface area contributed by atoms with Gasteiger partial charge in [0.2, 0.25) is 5.91 Å². The van der Waals surface area contributed by atoms with Crippen molar-refractivity contribution in [2.75, 3.05) is 43.1 Å². The van der Waals surface area contributed by atoms with Crippen LogP contribution in [0.25, 0.3) is 0 Å². The summed E-state index contributed by atoms with van der Waals surface area (Å²) in [5.41, 5.74) is 2.78. The van der Waals surface area contributed by atoms with Crippen LogP contribution in [0.1, 0.15) is 16.1 Å². The van der Waals surface area contributed by atoms with E-state index < -0.39 is 0 Å². The molecule has 0 saturated heterocycles. The Kier molecular flexibility index (Phi) is 5.55. The van der Waals surface area contributed by atoms with Crippen molar-refractivity contribution in [1.82, 2.24) is 19.7 Å². The molecule has 0 aliphatic carbocycles. The first-order chi connectivity index (χ1) is 12.5. The van der Waals surface area contributed by atoms with Crippen molar-refractivity contribution in [2.45, 2.75) is 6.42 Å². The number of carbonyl (C=O) groups excluding carboxylic acids is 2. The molecule has 1 aromatic heterocycles. The number of hydrogen-bond donors (Lipinski definition) is 3. The standard InChI is InChI=1S/C16H20N6O3S/c1-20(15(24)10-17-5-7-23)12-3-2-11-4-6-21(13(11)8-12)16(25)14-9-18-19-22(14)26/h2-3,8-9,17,23,26H,4-7,10H2,1H3. The highest BCUT2D eigenvalue weighted by Gasteiger charge is 2.28. The van der Waals surface area contributed by atoms with Crippen LogP contribution in [0.15, 0.2) is 24.4 Å². The third-order valence-corrected chi connectivity index (χ3v) is 4.58. The van der Waals surface area contributed by atoms with E-state index in [1.165, 1.54) is 11.1 Å². The molecule has 0 saturated carbocycles. The van der Waals surface area contributed by atoms with Crippen LogP contribution in [0.4, 0.5) is 11.4 Å². The molecule has 0 bridgehead atoms. The van der Waals surface area contributed by atoms with Crippen LogP contribution in [-0.2, 0) is 11.2 Å². The van der Waals surface area contributed by atoms with Crippen molar-refractivity contribution in [3.63, 3.8) is 0 Å². The number of aromatic nitrogens is 3. The number of carbonyl (C=O) groups is 2. The number of amides is 2. The summed E-state index contributed by atoms with van der Waals surface area (Å²) in [4.78, 5) is 28.1. The van der Waals surface area contributed by atoms with E-state index >= 15 is 0 Å². The molecule has 26 heavy (non-hydrogen) atoms. The highest BCUT2D eigenvalue weighted by atomic mass is 32.1. The number of thiol groups is 1. The molecule has 2 aromatic rings. The van der Waals surface area contributed by atoms with Gasteiger partial charge in [0.15, 0.2) is 5.69 Å². The largest absolute Gasteiger partial charge is 0.395 e. The number of aliphatic hydroxyl groups is 1. The van der Waals surface area contributed by atoms with Gasteiger partial charge in [-0.15, -0.1) is 5.10 Å². The van der Waals surface area contributed by atoms with Gasteiger partial charge in [0, 0.05) is 31.5 Å². The topological polar surface area (TPSA) is 104 Å². The Balaban J connectivity index is 1.80. The van der Waals surface area contributed by atoms with Gasteiger partial charge in [0.25, 0.3) is 5.91 Å². The first kappa shape index (κ1) is 18.4. The summed E-state index contributed by atoms with van der Waals surface area (Å²) in [7, 11) is 1.68. The fourth-order valence-electron chi connectivity index (χ4n) is 2.83. The van der Waals surface area contributed by atoms with Crippen LogP contribution in [0.2, 0.25) is 0 Å². The van der Waals surface area contributed by atoms with Gasteiger partial charge in [-0.25, -0.2) is 0 Å². The molecule has 10 heteroatoms. The lowest BCUT2D eigenvalue weighted by Crippen LogP contribution is -2.36. The predicted molar refractivity (Wildman–Crippen MR) is 99.6 cm³/mol. The van der Waals surface area contributed by atoms with E-state index in [2.05, 4.69) is 28.4 Å². The molecule has 138 valence electrons. The molecule has 2 amide bonds. The van der Waals surface area contributed by atoms with Gasteiger partial charge in [-0.2, -0.15) is 4.09 Å². The van der Waals surface area contributed by atoms with Gasteiger partial charge in [-0.1, -0.05) is 11.3 Å². The molecule has 0 unspecified atom stereocenters. The Labute approximate surface area is 156 Å². The third kappa shape index (κ3) is 3.57. The van der Waals surface area contributed by atoms with Crippen LogP contribution in [0, 0.1) is 0 Å². The summed E-state index contributed by atoms with van der Waals surface area (Å²) in [5.74, 6) is -0.369. The Bertz CT molecular complexity index is 824. The second kappa shape index (κ2) is 7.85. The van der Waals surface area contributed by atoms with Crippen LogP contribution in [0.3, 0.4) is 0 Å². The number of nitrogens with one attached hydrogen (secondary N) is 1. The molecule has 1 aliphatic heterocycles. The number of rotatable bonds is 6. The summed E-state index contributed by atoms with van der Waals surface area (Å²) in [6.07, 6.45) is 2.12. The maximum atomic E-state index is 12.7. The number of anilines is 2. The van der Waals surface area contributed by atoms with Crippen molar-refractivity contribution >= 4 is 36.0 Å². The summed E-state index contributed by atoms with van der Waals surface area (Å²) in [6.45, 7) is 1.01. The molecule has 0 fully saturated rings. The molecule has 2 heterocycles. The number of hydrogen-bond acceptors (Lipinski definition) is 7. The van der Waals surface area contributed by atoms with E-state index in [0.29, 0.717) is 18.8 Å². The van der Waals surface area contributed by atoms with Gasteiger partial charge in [0.1, 0.15) is 0 Å². The number of nitrogens with zero attached hydrogens (tertiary/aromatic N) is 5. The van der Waals surface area contributed by atoms with Gasteiger partial charge >= 0.3 is 0 Å². The second-order valence-electron chi connectivity index (χ2n) is 5.88. The van der Waals surface area contributed by atoms with E-state index in [-0.39, 0.29) is 30.7 Å². The molecular formula is C16H20N6O3S. The minimum atomic E-state index is -0.237. The predicted octanol–water partition coefficient (Wildman–Crippen LogP) is -0.281. The molecular weight excluding hydrogens is 356 g/mol. The van der Waals surface area contributed by atoms with Crippen molar-refractivity contribution in [3.05, 3.63) is 35.7 Å². The Morgan fingerprint density at radius 1 is 1.42 bits per heavy atom. The quantitative estimate of drug-likeness (QED) is 0.473. The Hall–Kier alpha value is -2.43. The molecule has 0 radical (unpaired) electrons. The maximum absolute atomic E-state index is 12.7. The molecule has 1 aliphatic rings.